The minimum atomic E-state index is -0.256. The van der Waals surface area contributed by atoms with Crippen LogP contribution in [-0.2, 0) is 11.2 Å². The molecular formula is C19H27Cl2FN4O. The molecule has 4 rings (SSSR count). The number of nitrogens with one attached hydrogen (secondary N) is 2. The van der Waals surface area contributed by atoms with Crippen LogP contribution in [0.5, 0.6) is 0 Å². The Morgan fingerprint density at radius 1 is 1.19 bits per heavy atom. The number of carbonyl (C=O) groups excluding carboxylic acids is 1. The predicted octanol–water partition coefficient (Wildman–Crippen LogP) is 3.47. The standard InChI is InChI=1S/C19H25FN4O.2ClH/c20-14-3-4-15-16(12-14)23-17(22-15)2-1-11-24-13-19(6-5-18(24)25)7-9-21-10-8-19;;/h3-4,12,21H,1-2,5-11,13H2,(H,22,23);2*1H. The summed E-state index contributed by atoms with van der Waals surface area (Å²) in [6.07, 6.45) is 5.72. The number of hydrogen-bond acceptors (Lipinski definition) is 3. The Bertz CT molecular complexity index is 776. The molecule has 150 valence electrons. The minimum absolute atomic E-state index is 0. The first-order valence-electron chi connectivity index (χ1n) is 9.26. The maximum atomic E-state index is 13.3. The van der Waals surface area contributed by atoms with Crippen LogP contribution in [0.1, 0.15) is 37.9 Å². The Balaban J connectivity index is 0.00000131. The number of piperidine rings is 2. The number of benzene rings is 1. The lowest BCUT2D eigenvalue weighted by Gasteiger charge is -2.45. The zero-order valence-electron chi connectivity index (χ0n) is 15.3. The number of amides is 1. The highest BCUT2D eigenvalue weighted by atomic mass is 35.5. The van der Waals surface area contributed by atoms with E-state index in [1.807, 2.05) is 0 Å². The van der Waals surface area contributed by atoms with Crippen LogP contribution in [0.15, 0.2) is 18.2 Å². The lowest BCUT2D eigenvalue weighted by Crippen LogP contribution is -2.50. The summed E-state index contributed by atoms with van der Waals surface area (Å²) in [4.78, 5) is 22.0. The molecule has 0 aliphatic carbocycles. The van der Waals surface area contributed by atoms with E-state index in [-0.39, 0.29) is 36.5 Å². The summed E-state index contributed by atoms with van der Waals surface area (Å²) in [7, 11) is 0. The maximum Gasteiger partial charge on any atom is 0.222 e. The van der Waals surface area contributed by atoms with E-state index in [9.17, 15) is 9.18 Å². The molecular weight excluding hydrogens is 390 g/mol. The number of hydrogen-bond donors (Lipinski definition) is 2. The van der Waals surface area contributed by atoms with Crippen LogP contribution in [0, 0.1) is 11.2 Å². The molecule has 1 amide bonds. The van der Waals surface area contributed by atoms with E-state index in [4.69, 9.17) is 0 Å². The number of fused-ring (bicyclic) bond motifs is 1. The topological polar surface area (TPSA) is 61.0 Å². The third kappa shape index (κ3) is 4.92. The number of aromatic nitrogens is 2. The Hall–Kier alpha value is -1.37. The quantitative estimate of drug-likeness (QED) is 0.801. The van der Waals surface area contributed by atoms with Crippen molar-refractivity contribution in [3.63, 3.8) is 0 Å². The Morgan fingerprint density at radius 3 is 2.74 bits per heavy atom. The van der Waals surface area contributed by atoms with Crippen LogP contribution in [0.3, 0.4) is 0 Å². The lowest BCUT2D eigenvalue weighted by atomic mass is 9.72. The van der Waals surface area contributed by atoms with Crippen molar-refractivity contribution in [2.75, 3.05) is 26.2 Å². The second-order valence-corrected chi connectivity index (χ2v) is 7.51. The van der Waals surface area contributed by atoms with E-state index < -0.39 is 0 Å². The van der Waals surface area contributed by atoms with Gasteiger partial charge in [0.25, 0.3) is 0 Å². The SMILES string of the molecule is Cl.Cl.O=C1CCC2(CCNCC2)CN1CCCc1nc2ccc(F)cc2[nH]1. The number of carbonyl (C=O) groups is 1. The van der Waals surface area contributed by atoms with Crippen molar-refractivity contribution in [1.29, 1.82) is 0 Å². The molecule has 2 saturated heterocycles. The zero-order valence-corrected chi connectivity index (χ0v) is 16.9. The van der Waals surface area contributed by atoms with E-state index in [1.165, 1.54) is 25.0 Å². The predicted molar refractivity (Wildman–Crippen MR) is 109 cm³/mol. The number of aryl methyl sites for hydroxylation is 1. The van der Waals surface area contributed by atoms with E-state index >= 15 is 0 Å². The monoisotopic (exact) mass is 416 g/mol. The summed E-state index contributed by atoms with van der Waals surface area (Å²) in [6.45, 7) is 3.81. The van der Waals surface area contributed by atoms with Gasteiger partial charge in [-0.15, -0.1) is 24.8 Å². The fourth-order valence-electron chi connectivity index (χ4n) is 4.26. The fourth-order valence-corrected chi connectivity index (χ4v) is 4.26. The summed E-state index contributed by atoms with van der Waals surface area (Å²) < 4.78 is 13.3. The number of rotatable bonds is 4. The molecule has 8 heteroatoms. The van der Waals surface area contributed by atoms with Gasteiger partial charge in [-0.3, -0.25) is 4.79 Å². The lowest BCUT2D eigenvalue weighted by molar-refractivity contribution is -0.138. The van der Waals surface area contributed by atoms with Crippen LogP contribution in [0.4, 0.5) is 4.39 Å². The molecule has 1 aromatic heterocycles. The Morgan fingerprint density at radius 2 is 1.96 bits per heavy atom. The van der Waals surface area contributed by atoms with E-state index in [2.05, 4.69) is 20.2 Å². The molecule has 1 spiro atoms. The average molecular weight is 417 g/mol. The van der Waals surface area contributed by atoms with Gasteiger partial charge in [0.05, 0.1) is 11.0 Å². The molecule has 1 aromatic carbocycles. The third-order valence-electron chi connectivity index (χ3n) is 5.75. The Labute approximate surface area is 171 Å². The maximum absolute atomic E-state index is 13.3. The minimum Gasteiger partial charge on any atom is -0.342 e. The highest BCUT2D eigenvalue weighted by molar-refractivity contribution is 5.85. The number of likely N-dealkylation sites (tertiary alicyclic amines) is 1. The van der Waals surface area contributed by atoms with Gasteiger partial charge in [0.1, 0.15) is 11.6 Å². The van der Waals surface area contributed by atoms with Gasteiger partial charge in [0.15, 0.2) is 0 Å². The summed E-state index contributed by atoms with van der Waals surface area (Å²) >= 11 is 0. The normalized spacial score (nSPS) is 19.0. The van der Waals surface area contributed by atoms with Crippen LogP contribution in [0.2, 0.25) is 0 Å². The molecule has 3 heterocycles. The van der Waals surface area contributed by atoms with Crippen molar-refractivity contribution in [2.24, 2.45) is 5.41 Å². The van der Waals surface area contributed by atoms with Gasteiger partial charge in [-0.05, 0) is 62.4 Å². The number of imidazole rings is 1. The molecule has 0 bridgehead atoms. The van der Waals surface area contributed by atoms with Gasteiger partial charge >= 0.3 is 0 Å². The third-order valence-corrected chi connectivity index (χ3v) is 5.75. The smallest absolute Gasteiger partial charge is 0.222 e. The Kier molecular flexibility index (Phi) is 7.48. The van der Waals surface area contributed by atoms with E-state index in [0.29, 0.717) is 11.8 Å². The van der Waals surface area contributed by atoms with Gasteiger partial charge in [-0.1, -0.05) is 0 Å². The number of nitrogens with zero attached hydrogens (tertiary/aromatic N) is 2. The number of halogens is 3. The van der Waals surface area contributed by atoms with E-state index in [1.54, 1.807) is 6.07 Å². The van der Waals surface area contributed by atoms with Crippen molar-refractivity contribution in [2.45, 2.75) is 38.5 Å². The first-order chi connectivity index (χ1) is 12.1. The van der Waals surface area contributed by atoms with E-state index in [0.717, 1.165) is 62.3 Å². The second-order valence-electron chi connectivity index (χ2n) is 7.51. The molecule has 0 saturated carbocycles. The molecule has 0 unspecified atom stereocenters. The molecule has 2 aliphatic rings. The van der Waals surface area contributed by atoms with Crippen LogP contribution in [-0.4, -0.2) is 47.0 Å². The molecule has 2 aliphatic heterocycles. The van der Waals surface area contributed by atoms with Crippen LogP contribution >= 0.6 is 24.8 Å². The summed E-state index contributed by atoms with van der Waals surface area (Å²) in [5.41, 5.74) is 1.85. The van der Waals surface area contributed by atoms with Crippen molar-refractivity contribution >= 4 is 41.8 Å². The zero-order chi connectivity index (χ0) is 17.3. The van der Waals surface area contributed by atoms with Crippen molar-refractivity contribution in [1.82, 2.24) is 20.2 Å². The summed E-state index contributed by atoms with van der Waals surface area (Å²) in [5, 5.41) is 3.42. The van der Waals surface area contributed by atoms with Gasteiger partial charge in [-0.2, -0.15) is 0 Å². The largest absolute Gasteiger partial charge is 0.342 e. The fraction of sp³-hybridized carbons (Fsp3) is 0.579. The first-order valence-corrected chi connectivity index (χ1v) is 9.26. The van der Waals surface area contributed by atoms with Gasteiger partial charge in [0.2, 0.25) is 5.91 Å². The number of aromatic amines is 1. The molecule has 27 heavy (non-hydrogen) atoms. The van der Waals surface area contributed by atoms with Gasteiger partial charge in [0, 0.05) is 25.9 Å². The molecule has 2 fully saturated rings. The highest BCUT2D eigenvalue weighted by Gasteiger charge is 2.39. The molecule has 0 radical (unpaired) electrons. The summed E-state index contributed by atoms with van der Waals surface area (Å²) in [5.74, 6) is 0.895. The van der Waals surface area contributed by atoms with Crippen LogP contribution in [0.25, 0.3) is 11.0 Å². The van der Waals surface area contributed by atoms with Gasteiger partial charge < -0.3 is 15.2 Å². The van der Waals surface area contributed by atoms with Crippen LogP contribution < -0.4 is 5.32 Å². The first kappa shape index (κ1) is 21.9. The molecule has 2 aromatic rings. The van der Waals surface area contributed by atoms with Crippen molar-refractivity contribution < 1.29 is 9.18 Å². The molecule has 2 N–H and O–H groups in total. The summed E-state index contributed by atoms with van der Waals surface area (Å²) in [6, 6.07) is 4.60. The molecule has 0 atom stereocenters. The van der Waals surface area contributed by atoms with Crippen molar-refractivity contribution in [3.05, 3.63) is 29.8 Å². The second kappa shape index (κ2) is 9.22. The molecule has 5 nitrogen and oxygen atoms in total. The average Bonchev–Trinajstić information content (AvgIpc) is 3.01. The highest BCUT2D eigenvalue weighted by Crippen LogP contribution is 2.38. The number of H-pyrrole nitrogens is 1. The van der Waals surface area contributed by atoms with Crippen molar-refractivity contribution in [3.8, 4) is 0 Å². The van der Waals surface area contributed by atoms with Gasteiger partial charge in [-0.25, -0.2) is 9.37 Å².